The molecular weight excluding hydrogens is 227 g/mol. The van der Waals surface area contributed by atoms with Crippen molar-refractivity contribution in [2.24, 2.45) is 0 Å². The van der Waals surface area contributed by atoms with E-state index in [1.807, 2.05) is 19.9 Å². The summed E-state index contributed by atoms with van der Waals surface area (Å²) in [6, 6.07) is 11.7. The predicted molar refractivity (Wildman–Crippen MR) is 72.5 cm³/mol. The van der Waals surface area contributed by atoms with Crippen LogP contribution in [-0.4, -0.2) is 7.04 Å². The quantitative estimate of drug-likeness (QED) is 0.768. The summed E-state index contributed by atoms with van der Waals surface area (Å²) in [5.41, 5.74) is 2.06. The van der Waals surface area contributed by atoms with Crippen molar-refractivity contribution in [1.82, 2.24) is 0 Å². The molecule has 0 heterocycles. The van der Waals surface area contributed by atoms with Crippen molar-refractivity contribution in [3.8, 4) is 16.9 Å². The van der Waals surface area contributed by atoms with Crippen molar-refractivity contribution >= 4 is 0 Å². The number of benzene rings is 2. The van der Waals surface area contributed by atoms with Gasteiger partial charge in [0, 0.05) is 0 Å². The van der Waals surface area contributed by atoms with Crippen molar-refractivity contribution in [3.63, 3.8) is 0 Å². The van der Waals surface area contributed by atoms with Crippen molar-refractivity contribution in [1.29, 1.82) is 0 Å². The second-order valence-corrected chi connectivity index (χ2v) is 4.52. The zero-order chi connectivity index (χ0) is 15.6. The molecule has 0 saturated carbocycles. The molecule has 0 aliphatic rings. The summed E-state index contributed by atoms with van der Waals surface area (Å²) in [6.45, 7) is 3.87. The SMILES string of the molecule is [2H]C([2H])([2H])Oc1cccc(-c2ccc(C(C)C)c(F)c2)c1. The molecule has 2 aromatic carbocycles. The van der Waals surface area contributed by atoms with Crippen molar-refractivity contribution in [2.75, 3.05) is 7.04 Å². The molecular formula is C16H17FO. The summed E-state index contributed by atoms with van der Waals surface area (Å²) in [5.74, 6) is 0.0924. The first-order valence-corrected chi connectivity index (χ1v) is 5.85. The van der Waals surface area contributed by atoms with Crippen LogP contribution < -0.4 is 4.74 Å². The number of methoxy groups -OCH3 is 1. The molecule has 0 aliphatic carbocycles. The lowest BCUT2D eigenvalue weighted by molar-refractivity contribution is 0.415. The third-order valence-corrected chi connectivity index (χ3v) is 2.91. The molecule has 2 rings (SSSR count). The van der Waals surface area contributed by atoms with Crippen LogP contribution in [-0.2, 0) is 0 Å². The van der Waals surface area contributed by atoms with E-state index in [4.69, 9.17) is 8.85 Å². The fourth-order valence-electron chi connectivity index (χ4n) is 1.91. The van der Waals surface area contributed by atoms with Crippen molar-refractivity contribution in [2.45, 2.75) is 19.8 Å². The second kappa shape index (κ2) is 5.21. The Morgan fingerprint density at radius 3 is 2.56 bits per heavy atom. The summed E-state index contributed by atoms with van der Waals surface area (Å²) >= 11 is 0. The van der Waals surface area contributed by atoms with Crippen molar-refractivity contribution in [3.05, 3.63) is 53.8 Å². The number of hydrogen-bond acceptors (Lipinski definition) is 1. The van der Waals surface area contributed by atoms with Gasteiger partial charge in [-0.05, 0) is 40.8 Å². The third kappa shape index (κ3) is 2.53. The van der Waals surface area contributed by atoms with Gasteiger partial charge in [0.2, 0.25) is 0 Å². The molecule has 0 N–H and O–H groups in total. The van der Waals surface area contributed by atoms with Gasteiger partial charge in [-0.15, -0.1) is 0 Å². The molecule has 1 nitrogen and oxygen atoms in total. The first kappa shape index (κ1) is 9.15. The highest BCUT2D eigenvalue weighted by Gasteiger charge is 2.08. The van der Waals surface area contributed by atoms with Gasteiger partial charge in [-0.2, -0.15) is 0 Å². The van der Waals surface area contributed by atoms with Crippen LogP contribution in [0.2, 0.25) is 0 Å². The van der Waals surface area contributed by atoms with E-state index in [0.717, 1.165) is 0 Å². The van der Waals surface area contributed by atoms with E-state index in [0.29, 0.717) is 16.7 Å². The summed E-state index contributed by atoms with van der Waals surface area (Å²) in [5, 5.41) is 0. The Labute approximate surface area is 111 Å². The van der Waals surface area contributed by atoms with Gasteiger partial charge in [0.25, 0.3) is 0 Å². The minimum atomic E-state index is -2.49. The Kier molecular flexibility index (Phi) is 2.65. The zero-order valence-electron chi connectivity index (χ0n) is 13.4. The van der Waals surface area contributed by atoms with Gasteiger partial charge >= 0.3 is 0 Å². The predicted octanol–water partition coefficient (Wildman–Crippen LogP) is 4.62. The highest BCUT2D eigenvalue weighted by Crippen LogP contribution is 2.27. The summed E-state index contributed by atoms with van der Waals surface area (Å²) in [6.07, 6.45) is 0. The van der Waals surface area contributed by atoms with E-state index in [1.165, 1.54) is 6.07 Å². The topological polar surface area (TPSA) is 9.23 Å². The molecule has 0 aliphatic heterocycles. The molecule has 0 bridgehead atoms. The Morgan fingerprint density at radius 2 is 1.89 bits per heavy atom. The molecule has 2 aromatic rings. The van der Waals surface area contributed by atoms with Crippen LogP contribution in [0.5, 0.6) is 5.75 Å². The minimum absolute atomic E-state index is 0.115. The Bertz CT molecular complexity index is 636. The van der Waals surface area contributed by atoms with Crippen LogP contribution in [0.1, 0.15) is 29.4 Å². The Hall–Kier alpha value is -1.83. The lowest BCUT2D eigenvalue weighted by Crippen LogP contribution is -1.93. The molecule has 0 atom stereocenters. The van der Waals surface area contributed by atoms with Gasteiger partial charge in [-0.3, -0.25) is 0 Å². The normalized spacial score (nSPS) is 13.9. The van der Waals surface area contributed by atoms with Gasteiger partial charge in [0.05, 0.1) is 11.2 Å². The molecule has 18 heavy (non-hydrogen) atoms. The minimum Gasteiger partial charge on any atom is -0.497 e. The van der Waals surface area contributed by atoms with E-state index in [-0.39, 0.29) is 17.5 Å². The molecule has 0 radical (unpaired) electrons. The highest BCUT2D eigenvalue weighted by atomic mass is 19.1. The third-order valence-electron chi connectivity index (χ3n) is 2.91. The number of halogens is 1. The molecule has 0 unspecified atom stereocenters. The Balaban J connectivity index is 2.34. The summed E-state index contributed by atoms with van der Waals surface area (Å²) in [4.78, 5) is 0. The van der Waals surface area contributed by atoms with Crippen LogP contribution in [0.25, 0.3) is 11.1 Å². The average molecular weight is 247 g/mol. The smallest absolute Gasteiger partial charge is 0.127 e. The van der Waals surface area contributed by atoms with Crippen molar-refractivity contribution < 1.29 is 13.2 Å². The molecule has 2 heteroatoms. The van der Waals surface area contributed by atoms with Gasteiger partial charge < -0.3 is 4.74 Å². The van der Waals surface area contributed by atoms with Crippen LogP contribution in [0.3, 0.4) is 0 Å². The van der Waals surface area contributed by atoms with Crippen LogP contribution in [0.15, 0.2) is 42.5 Å². The standard InChI is InChI=1S/C16H17FO/c1-11(2)15-8-7-13(10-16(15)17)12-5-4-6-14(9-12)18-3/h4-11H,1-3H3/i3D3. The number of rotatable bonds is 3. The van der Waals surface area contributed by atoms with Gasteiger partial charge in [0.1, 0.15) is 11.6 Å². The average Bonchev–Trinajstić information content (AvgIpc) is 2.36. The number of hydrogen-bond donors (Lipinski definition) is 0. The van der Waals surface area contributed by atoms with Gasteiger partial charge in [-0.25, -0.2) is 4.39 Å². The second-order valence-electron chi connectivity index (χ2n) is 4.52. The summed E-state index contributed by atoms with van der Waals surface area (Å²) in [7, 11) is -2.49. The highest BCUT2D eigenvalue weighted by molar-refractivity contribution is 5.65. The lowest BCUT2D eigenvalue weighted by atomic mass is 9.98. The van der Waals surface area contributed by atoms with E-state index in [9.17, 15) is 4.39 Å². The lowest BCUT2D eigenvalue weighted by Gasteiger charge is -2.10. The maximum Gasteiger partial charge on any atom is 0.127 e. The molecule has 94 valence electrons. The number of ether oxygens (including phenoxy) is 1. The first-order valence-electron chi connectivity index (χ1n) is 7.35. The Morgan fingerprint density at radius 1 is 1.11 bits per heavy atom. The van der Waals surface area contributed by atoms with E-state index in [2.05, 4.69) is 0 Å². The first-order chi connectivity index (χ1) is 9.76. The van der Waals surface area contributed by atoms with E-state index >= 15 is 0 Å². The maximum absolute atomic E-state index is 14.0. The fourth-order valence-corrected chi connectivity index (χ4v) is 1.91. The molecule has 0 fully saturated rings. The monoisotopic (exact) mass is 247 g/mol. The molecule has 0 aromatic heterocycles. The molecule has 0 amide bonds. The maximum atomic E-state index is 14.0. The largest absolute Gasteiger partial charge is 0.497 e. The molecule has 0 spiro atoms. The summed E-state index contributed by atoms with van der Waals surface area (Å²) < 4.78 is 40.2. The molecule has 0 saturated heterocycles. The van der Waals surface area contributed by atoms with Crippen LogP contribution in [0, 0.1) is 5.82 Å². The van der Waals surface area contributed by atoms with Gasteiger partial charge in [-0.1, -0.05) is 38.1 Å². The van der Waals surface area contributed by atoms with E-state index in [1.54, 1.807) is 30.3 Å². The van der Waals surface area contributed by atoms with Gasteiger partial charge in [0.15, 0.2) is 0 Å². The fraction of sp³-hybridized carbons (Fsp3) is 0.250. The van der Waals surface area contributed by atoms with Crippen LogP contribution in [0.4, 0.5) is 4.39 Å². The zero-order valence-corrected chi connectivity index (χ0v) is 10.4. The van der Waals surface area contributed by atoms with Crippen LogP contribution >= 0.6 is 0 Å². The van der Waals surface area contributed by atoms with E-state index < -0.39 is 7.04 Å².